The van der Waals surface area contributed by atoms with Crippen molar-refractivity contribution in [2.45, 2.75) is 32.6 Å². The highest BCUT2D eigenvalue weighted by atomic mass is 19.1. The number of hydrogen-bond acceptors (Lipinski definition) is 2. The van der Waals surface area contributed by atoms with Gasteiger partial charge >= 0.3 is 0 Å². The van der Waals surface area contributed by atoms with E-state index in [1.165, 1.54) is 18.9 Å². The van der Waals surface area contributed by atoms with E-state index in [1.807, 2.05) is 0 Å². The van der Waals surface area contributed by atoms with Gasteiger partial charge in [-0.3, -0.25) is 4.79 Å². The molecule has 3 nitrogen and oxygen atoms in total. The molecule has 1 aromatic rings. The lowest BCUT2D eigenvalue weighted by Gasteiger charge is -2.30. The summed E-state index contributed by atoms with van der Waals surface area (Å²) in [5, 5.41) is 2.87. The van der Waals surface area contributed by atoms with Gasteiger partial charge in [-0.1, -0.05) is 25.0 Å². The predicted octanol–water partition coefficient (Wildman–Crippen LogP) is 2.63. The summed E-state index contributed by atoms with van der Waals surface area (Å²) in [5.41, 5.74) is 6.41. The van der Waals surface area contributed by atoms with E-state index in [-0.39, 0.29) is 11.5 Å². The van der Waals surface area contributed by atoms with Crippen molar-refractivity contribution in [2.24, 2.45) is 17.6 Å². The summed E-state index contributed by atoms with van der Waals surface area (Å²) < 4.78 is 13.9. The third-order valence-corrected chi connectivity index (χ3v) is 4.33. The third-order valence-electron chi connectivity index (χ3n) is 4.33. The Bertz CT molecular complexity index is 476. The van der Waals surface area contributed by atoms with Crippen molar-refractivity contribution in [2.75, 3.05) is 13.1 Å². The quantitative estimate of drug-likeness (QED) is 0.889. The van der Waals surface area contributed by atoms with Crippen molar-refractivity contribution in [3.8, 4) is 0 Å². The summed E-state index contributed by atoms with van der Waals surface area (Å²) in [6, 6.07) is 4.90. The van der Waals surface area contributed by atoms with Gasteiger partial charge < -0.3 is 11.1 Å². The highest BCUT2D eigenvalue weighted by molar-refractivity contribution is 5.94. The molecular formula is C16H23FN2O. The molecule has 0 aromatic heterocycles. The molecule has 1 aliphatic rings. The zero-order chi connectivity index (χ0) is 14.5. The van der Waals surface area contributed by atoms with Crippen molar-refractivity contribution < 1.29 is 9.18 Å². The maximum Gasteiger partial charge on any atom is 0.254 e. The van der Waals surface area contributed by atoms with Gasteiger partial charge in [-0.15, -0.1) is 0 Å². The van der Waals surface area contributed by atoms with Crippen molar-refractivity contribution in [3.05, 3.63) is 35.1 Å². The lowest BCUT2D eigenvalue weighted by molar-refractivity contribution is 0.0931. The fourth-order valence-corrected chi connectivity index (χ4v) is 3.01. The second-order valence-corrected chi connectivity index (χ2v) is 5.69. The van der Waals surface area contributed by atoms with Gasteiger partial charge in [0.25, 0.3) is 5.91 Å². The van der Waals surface area contributed by atoms with Crippen LogP contribution in [0, 0.1) is 24.6 Å². The maximum atomic E-state index is 13.9. The Morgan fingerprint density at radius 3 is 2.75 bits per heavy atom. The SMILES string of the molecule is Cc1cccc(C(=O)NCC2CCCCC2CN)c1F. The molecule has 0 spiro atoms. The van der Waals surface area contributed by atoms with E-state index in [0.29, 0.717) is 30.5 Å². The van der Waals surface area contributed by atoms with Crippen LogP contribution in [0.2, 0.25) is 0 Å². The van der Waals surface area contributed by atoms with Crippen LogP contribution in [-0.4, -0.2) is 19.0 Å². The van der Waals surface area contributed by atoms with Crippen LogP contribution in [0.3, 0.4) is 0 Å². The molecule has 2 unspecified atom stereocenters. The van der Waals surface area contributed by atoms with Gasteiger partial charge in [0.2, 0.25) is 0 Å². The standard InChI is InChI=1S/C16H23FN2O/c1-11-5-4-8-14(15(11)17)16(20)19-10-13-7-3-2-6-12(13)9-18/h4-5,8,12-13H,2-3,6-7,9-10,18H2,1H3,(H,19,20). The van der Waals surface area contributed by atoms with E-state index in [1.54, 1.807) is 19.1 Å². The molecule has 1 fully saturated rings. The summed E-state index contributed by atoms with van der Waals surface area (Å²) >= 11 is 0. The molecule has 3 N–H and O–H groups in total. The molecule has 1 saturated carbocycles. The average molecular weight is 278 g/mol. The Kier molecular flexibility index (Phi) is 5.12. The minimum atomic E-state index is -0.427. The lowest BCUT2D eigenvalue weighted by Crippen LogP contribution is -2.37. The minimum Gasteiger partial charge on any atom is -0.352 e. The average Bonchev–Trinajstić information content (AvgIpc) is 2.48. The van der Waals surface area contributed by atoms with Gasteiger partial charge in [-0.25, -0.2) is 4.39 Å². The highest BCUT2D eigenvalue weighted by Crippen LogP contribution is 2.28. The number of rotatable bonds is 4. The first-order valence-electron chi connectivity index (χ1n) is 7.37. The Morgan fingerprint density at radius 1 is 1.35 bits per heavy atom. The maximum absolute atomic E-state index is 13.9. The topological polar surface area (TPSA) is 55.1 Å². The van der Waals surface area contributed by atoms with Crippen LogP contribution in [0.4, 0.5) is 4.39 Å². The Morgan fingerprint density at radius 2 is 2.05 bits per heavy atom. The Balaban J connectivity index is 1.96. The van der Waals surface area contributed by atoms with Crippen LogP contribution >= 0.6 is 0 Å². The number of carbonyl (C=O) groups excluding carboxylic acids is 1. The number of carbonyl (C=O) groups is 1. The third kappa shape index (κ3) is 3.37. The first-order chi connectivity index (χ1) is 9.63. The van der Waals surface area contributed by atoms with Gasteiger partial charge in [-0.2, -0.15) is 0 Å². The monoisotopic (exact) mass is 278 g/mol. The molecule has 1 aliphatic carbocycles. The van der Waals surface area contributed by atoms with Gasteiger partial charge in [0.15, 0.2) is 0 Å². The fraction of sp³-hybridized carbons (Fsp3) is 0.562. The van der Waals surface area contributed by atoms with Crippen molar-refractivity contribution >= 4 is 5.91 Å². The van der Waals surface area contributed by atoms with Crippen LogP contribution in [0.5, 0.6) is 0 Å². The zero-order valence-electron chi connectivity index (χ0n) is 12.0. The molecular weight excluding hydrogens is 255 g/mol. The van der Waals surface area contributed by atoms with Gasteiger partial charge in [0, 0.05) is 6.54 Å². The van der Waals surface area contributed by atoms with Crippen LogP contribution in [0.25, 0.3) is 0 Å². The van der Waals surface area contributed by atoms with Gasteiger partial charge in [-0.05, 0) is 49.8 Å². The molecule has 110 valence electrons. The smallest absolute Gasteiger partial charge is 0.254 e. The Labute approximate surface area is 119 Å². The first-order valence-corrected chi connectivity index (χ1v) is 7.37. The number of halogens is 1. The second-order valence-electron chi connectivity index (χ2n) is 5.69. The second kappa shape index (κ2) is 6.84. The van der Waals surface area contributed by atoms with Crippen molar-refractivity contribution in [1.29, 1.82) is 0 Å². The van der Waals surface area contributed by atoms with Crippen LogP contribution in [-0.2, 0) is 0 Å². The molecule has 1 amide bonds. The fourth-order valence-electron chi connectivity index (χ4n) is 3.01. The Hall–Kier alpha value is -1.42. The van der Waals surface area contributed by atoms with E-state index in [0.717, 1.165) is 12.8 Å². The molecule has 2 atom stereocenters. The van der Waals surface area contributed by atoms with Crippen molar-refractivity contribution in [3.63, 3.8) is 0 Å². The molecule has 20 heavy (non-hydrogen) atoms. The number of nitrogens with two attached hydrogens (primary N) is 1. The number of benzene rings is 1. The van der Waals surface area contributed by atoms with E-state index < -0.39 is 5.82 Å². The van der Waals surface area contributed by atoms with Crippen LogP contribution in [0.15, 0.2) is 18.2 Å². The molecule has 2 rings (SSSR count). The molecule has 0 bridgehead atoms. The lowest BCUT2D eigenvalue weighted by atomic mass is 9.79. The van der Waals surface area contributed by atoms with Crippen LogP contribution < -0.4 is 11.1 Å². The first kappa shape index (κ1) is 15.0. The molecule has 4 heteroatoms. The van der Waals surface area contributed by atoms with E-state index in [4.69, 9.17) is 5.73 Å². The van der Waals surface area contributed by atoms with Crippen LogP contribution in [0.1, 0.15) is 41.6 Å². The summed E-state index contributed by atoms with van der Waals surface area (Å²) in [5.74, 6) is 0.147. The normalized spacial score (nSPS) is 22.6. The predicted molar refractivity (Wildman–Crippen MR) is 78.0 cm³/mol. The molecule has 0 aliphatic heterocycles. The molecule has 0 heterocycles. The largest absolute Gasteiger partial charge is 0.352 e. The van der Waals surface area contributed by atoms with E-state index in [9.17, 15) is 9.18 Å². The number of hydrogen-bond donors (Lipinski definition) is 2. The zero-order valence-corrected chi connectivity index (χ0v) is 12.0. The summed E-state index contributed by atoms with van der Waals surface area (Å²) in [6.45, 7) is 2.92. The number of aryl methyl sites for hydroxylation is 1. The van der Waals surface area contributed by atoms with E-state index in [2.05, 4.69) is 5.32 Å². The van der Waals surface area contributed by atoms with Gasteiger partial charge in [0.1, 0.15) is 5.82 Å². The number of amides is 1. The molecule has 0 radical (unpaired) electrons. The highest BCUT2D eigenvalue weighted by Gasteiger charge is 2.24. The molecule has 0 saturated heterocycles. The number of nitrogens with one attached hydrogen (secondary N) is 1. The van der Waals surface area contributed by atoms with Gasteiger partial charge in [0.05, 0.1) is 5.56 Å². The van der Waals surface area contributed by atoms with E-state index >= 15 is 0 Å². The summed E-state index contributed by atoms with van der Waals surface area (Å²) in [7, 11) is 0. The summed E-state index contributed by atoms with van der Waals surface area (Å²) in [6.07, 6.45) is 4.64. The summed E-state index contributed by atoms with van der Waals surface area (Å²) in [4.78, 5) is 12.1. The molecule has 1 aromatic carbocycles. The minimum absolute atomic E-state index is 0.130. The van der Waals surface area contributed by atoms with Crippen molar-refractivity contribution in [1.82, 2.24) is 5.32 Å².